The number of likely N-dealkylation sites (N-methyl/N-ethyl adjacent to an activating group) is 1. The van der Waals surface area contributed by atoms with Gasteiger partial charge in [-0.2, -0.15) is 0 Å². The van der Waals surface area contributed by atoms with Crippen molar-refractivity contribution in [3.63, 3.8) is 0 Å². The van der Waals surface area contributed by atoms with Gasteiger partial charge < -0.3 is 10.2 Å². The lowest BCUT2D eigenvalue weighted by Crippen LogP contribution is -2.52. The summed E-state index contributed by atoms with van der Waals surface area (Å²) in [5.41, 5.74) is 1.72. The van der Waals surface area contributed by atoms with Gasteiger partial charge in [-0.1, -0.05) is 72.6 Å². The molecule has 0 radical (unpaired) electrons. The van der Waals surface area contributed by atoms with E-state index in [0.717, 1.165) is 4.31 Å². The third-order valence-electron chi connectivity index (χ3n) is 6.07. The van der Waals surface area contributed by atoms with Crippen LogP contribution in [0.1, 0.15) is 31.4 Å². The van der Waals surface area contributed by atoms with Crippen LogP contribution in [0.5, 0.6) is 0 Å². The summed E-state index contributed by atoms with van der Waals surface area (Å²) in [5.74, 6) is -0.853. The number of para-hydroxylation sites is 1. The van der Waals surface area contributed by atoms with Gasteiger partial charge in [0, 0.05) is 13.1 Å². The molecule has 1 atom stereocenters. The van der Waals surface area contributed by atoms with Gasteiger partial charge in [0.25, 0.3) is 10.0 Å². The van der Waals surface area contributed by atoms with E-state index in [4.69, 9.17) is 23.2 Å². The molecule has 0 saturated heterocycles. The molecule has 7 nitrogen and oxygen atoms in total. The van der Waals surface area contributed by atoms with Gasteiger partial charge in [0.1, 0.15) is 12.6 Å². The number of hydrogen-bond donors (Lipinski definition) is 1. The second-order valence-corrected chi connectivity index (χ2v) is 11.4. The van der Waals surface area contributed by atoms with Gasteiger partial charge in [0.2, 0.25) is 11.8 Å². The molecule has 0 bridgehead atoms. The molecule has 0 fully saturated rings. The van der Waals surface area contributed by atoms with E-state index in [9.17, 15) is 18.0 Å². The highest BCUT2D eigenvalue weighted by atomic mass is 35.5. The molecule has 0 aromatic heterocycles. The van der Waals surface area contributed by atoms with Gasteiger partial charge in [0.05, 0.1) is 20.6 Å². The van der Waals surface area contributed by atoms with E-state index in [2.05, 4.69) is 5.32 Å². The van der Waals surface area contributed by atoms with Crippen LogP contribution in [0.15, 0.2) is 77.7 Å². The molecule has 0 aliphatic rings. The predicted octanol–water partition coefficient (Wildman–Crippen LogP) is 5.44. The van der Waals surface area contributed by atoms with Crippen molar-refractivity contribution in [3.8, 4) is 0 Å². The molecular weight excluding hydrogens is 545 g/mol. The molecule has 202 valence electrons. The van der Waals surface area contributed by atoms with Gasteiger partial charge in [-0.05, 0) is 61.7 Å². The minimum atomic E-state index is -4.11. The minimum absolute atomic E-state index is 0.0400. The van der Waals surface area contributed by atoms with Crippen LogP contribution in [0.4, 0.5) is 5.69 Å². The lowest BCUT2D eigenvalue weighted by atomic mass is 10.1. The van der Waals surface area contributed by atoms with Crippen LogP contribution < -0.4 is 9.62 Å². The van der Waals surface area contributed by atoms with Crippen LogP contribution in [0.2, 0.25) is 10.0 Å². The highest BCUT2D eigenvalue weighted by molar-refractivity contribution is 7.92. The molecule has 1 N–H and O–H groups in total. The maximum atomic E-state index is 14.0. The number of hydrogen-bond acceptors (Lipinski definition) is 4. The van der Waals surface area contributed by atoms with Crippen molar-refractivity contribution in [1.82, 2.24) is 10.2 Å². The van der Waals surface area contributed by atoms with E-state index < -0.39 is 28.5 Å². The highest BCUT2D eigenvalue weighted by Crippen LogP contribution is 2.28. The minimum Gasteiger partial charge on any atom is -0.355 e. The van der Waals surface area contributed by atoms with Crippen LogP contribution in [0.3, 0.4) is 0 Å². The molecule has 0 unspecified atom stereocenters. The van der Waals surface area contributed by atoms with Gasteiger partial charge in [0.15, 0.2) is 0 Å². The Morgan fingerprint density at radius 1 is 0.921 bits per heavy atom. The molecule has 38 heavy (non-hydrogen) atoms. The number of nitrogens with one attached hydrogen (secondary N) is 1. The summed E-state index contributed by atoms with van der Waals surface area (Å²) in [5, 5.41) is 3.46. The van der Waals surface area contributed by atoms with Crippen LogP contribution in [0.25, 0.3) is 0 Å². The number of aryl methyl sites for hydroxylation is 1. The Kier molecular flexibility index (Phi) is 10.2. The normalized spacial score (nSPS) is 12.0. The smallest absolute Gasteiger partial charge is 0.264 e. The van der Waals surface area contributed by atoms with Gasteiger partial charge in [-0.15, -0.1) is 0 Å². The highest BCUT2D eigenvalue weighted by Gasteiger charge is 2.34. The molecule has 0 aliphatic heterocycles. The van der Waals surface area contributed by atoms with E-state index >= 15 is 0 Å². The van der Waals surface area contributed by atoms with Gasteiger partial charge in [-0.3, -0.25) is 13.9 Å². The first-order valence-electron chi connectivity index (χ1n) is 12.2. The van der Waals surface area contributed by atoms with E-state index in [1.54, 1.807) is 81.4 Å². The summed E-state index contributed by atoms with van der Waals surface area (Å²) in [7, 11) is -4.11. The number of nitrogens with zero attached hydrogens (tertiary/aromatic N) is 2. The van der Waals surface area contributed by atoms with Crippen molar-refractivity contribution in [2.75, 3.05) is 17.4 Å². The number of anilines is 1. The maximum Gasteiger partial charge on any atom is 0.264 e. The van der Waals surface area contributed by atoms with E-state index in [1.165, 1.54) is 17.0 Å². The van der Waals surface area contributed by atoms with Crippen LogP contribution in [-0.2, 0) is 26.2 Å². The van der Waals surface area contributed by atoms with E-state index in [-0.39, 0.29) is 17.3 Å². The van der Waals surface area contributed by atoms with Crippen molar-refractivity contribution < 1.29 is 18.0 Å². The molecule has 0 saturated carbocycles. The van der Waals surface area contributed by atoms with Gasteiger partial charge >= 0.3 is 0 Å². The lowest BCUT2D eigenvalue weighted by Gasteiger charge is -2.33. The topological polar surface area (TPSA) is 86.8 Å². The van der Waals surface area contributed by atoms with Crippen molar-refractivity contribution in [3.05, 3.63) is 94.0 Å². The lowest BCUT2D eigenvalue weighted by molar-refractivity contribution is -0.140. The number of carbonyl (C=O) groups is 2. The summed E-state index contributed by atoms with van der Waals surface area (Å²) >= 11 is 12.3. The second-order valence-electron chi connectivity index (χ2n) is 8.70. The maximum absolute atomic E-state index is 14.0. The zero-order valence-corrected chi connectivity index (χ0v) is 23.9. The Bertz CT molecular complexity index is 1380. The molecule has 10 heteroatoms. The number of benzene rings is 3. The zero-order valence-electron chi connectivity index (χ0n) is 21.5. The molecule has 0 spiro atoms. The first kappa shape index (κ1) is 29.5. The number of carbonyl (C=O) groups excluding carboxylic acids is 2. The molecule has 3 rings (SSSR count). The summed E-state index contributed by atoms with van der Waals surface area (Å²) in [6, 6.07) is 19.1. The van der Waals surface area contributed by atoms with Crippen LogP contribution >= 0.6 is 23.2 Å². The first-order valence-corrected chi connectivity index (χ1v) is 14.4. The standard InChI is InChI=1S/C28H31Cl2N3O4S/c1-4-25(28(35)31-5-2)32(18-21-15-16-23(29)24(30)17-21)27(34)19-33(26-14-10-9-11-20(26)3)38(36,37)22-12-7-6-8-13-22/h6-17,25H,4-5,18-19H2,1-3H3,(H,31,35)/t25-/m0/s1. The Morgan fingerprint density at radius 2 is 1.58 bits per heavy atom. The summed E-state index contributed by atoms with van der Waals surface area (Å²) in [6.45, 7) is 5.31. The first-order chi connectivity index (χ1) is 18.1. The fraction of sp³-hybridized carbons (Fsp3) is 0.286. The van der Waals surface area contributed by atoms with Crippen molar-refractivity contribution in [1.29, 1.82) is 0 Å². The Hall–Kier alpha value is -3.07. The summed E-state index contributed by atoms with van der Waals surface area (Å²) in [4.78, 5) is 28.4. The van der Waals surface area contributed by atoms with Crippen LogP contribution in [0, 0.1) is 6.92 Å². The molecule has 0 aliphatic carbocycles. The average molecular weight is 577 g/mol. The SMILES string of the molecule is CCNC(=O)[C@H](CC)N(Cc1ccc(Cl)c(Cl)c1)C(=O)CN(c1ccccc1C)S(=O)(=O)c1ccccc1. The second kappa shape index (κ2) is 13.1. The predicted molar refractivity (Wildman–Crippen MR) is 152 cm³/mol. The zero-order chi connectivity index (χ0) is 27.9. The third kappa shape index (κ3) is 6.87. The summed E-state index contributed by atoms with van der Waals surface area (Å²) in [6.07, 6.45) is 0.328. The largest absolute Gasteiger partial charge is 0.355 e. The van der Waals surface area contributed by atoms with Crippen molar-refractivity contribution in [2.45, 2.75) is 44.7 Å². The molecule has 3 aromatic rings. The average Bonchev–Trinajstić information content (AvgIpc) is 2.90. The van der Waals surface area contributed by atoms with Gasteiger partial charge in [-0.25, -0.2) is 8.42 Å². The number of rotatable bonds is 11. The molecule has 3 aromatic carbocycles. The monoisotopic (exact) mass is 575 g/mol. The molecule has 2 amide bonds. The Morgan fingerprint density at radius 3 is 2.18 bits per heavy atom. The van der Waals surface area contributed by atoms with E-state index in [0.29, 0.717) is 39.8 Å². The fourth-order valence-corrected chi connectivity index (χ4v) is 5.94. The summed E-state index contributed by atoms with van der Waals surface area (Å²) < 4.78 is 28.7. The third-order valence-corrected chi connectivity index (χ3v) is 8.58. The quantitative estimate of drug-likeness (QED) is 0.330. The van der Waals surface area contributed by atoms with Crippen molar-refractivity contribution in [2.24, 2.45) is 0 Å². The number of sulfonamides is 1. The van der Waals surface area contributed by atoms with Crippen LogP contribution in [-0.4, -0.2) is 44.3 Å². The Balaban J connectivity index is 2.07. The number of halogens is 2. The number of amides is 2. The molecular formula is C28H31Cl2N3O4S. The van der Waals surface area contributed by atoms with E-state index in [1.807, 2.05) is 0 Å². The fourth-order valence-electron chi connectivity index (χ4n) is 4.12. The Labute approximate surface area is 234 Å². The molecule has 0 heterocycles. The van der Waals surface area contributed by atoms with Crippen molar-refractivity contribution >= 4 is 50.7 Å².